The third-order valence-corrected chi connectivity index (χ3v) is 2.80. The summed E-state index contributed by atoms with van der Waals surface area (Å²) in [5, 5.41) is 8.95. The molecule has 1 unspecified atom stereocenters. The summed E-state index contributed by atoms with van der Waals surface area (Å²) < 4.78 is 0. The van der Waals surface area contributed by atoms with E-state index in [0.717, 1.165) is 11.1 Å². The Morgan fingerprint density at radius 3 is 2.83 bits per heavy atom. The zero-order valence-electron chi connectivity index (χ0n) is 9.66. The Kier molecular flexibility index (Phi) is 3.05. The first-order chi connectivity index (χ1) is 8.50. The number of amides is 2. The molecule has 2 heterocycles. The monoisotopic (exact) mass is 249 g/mol. The average molecular weight is 249 g/mol. The van der Waals surface area contributed by atoms with E-state index in [0.29, 0.717) is 0 Å². The molecule has 0 spiro atoms. The van der Waals surface area contributed by atoms with Crippen LogP contribution in [0.4, 0.5) is 0 Å². The average Bonchev–Trinajstić information content (AvgIpc) is 2.56. The number of carboxylic acids is 1. The summed E-state index contributed by atoms with van der Waals surface area (Å²) >= 11 is 0. The van der Waals surface area contributed by atoms with Crippen molar-refractivity contribution in [2.45, 2.75) is 19.9 Å². The van der Waals surface area contributed by atoms with Gasteiger partial charge in [-0.2, -0.15) is 0 Å². The molecular formula is C11H11N3O4. The molecule has 0 radical (unpaired) electrons. The third kappa shape index (κ3) is 2.06. The molecule has 1 atom stereocenters. The Hall–Kier alpha value is -2.31. The molecule has 2 rings (SSSR count). The van der Waals surface area contributed by atoms with Crippen LogP contribution >= 0.6 is 0 Å². The molecule has 94 valence electrons. The van der Waals surface area contributed by atoms with Crippen LogP contribution in [0.2, 0.25) is 0 Å². The summed E-state index contributed by atoms with van der Waals surface area (Å²) in [6, 6.07) is 0. The van der Waals surface area contributed by atoms with Crippen molar-refractivity contribution in [3.05, 3.63) is 23.8 Å². The molecule has 7 nitrogen and oxygen atoms in total. The fourth-order valence-electron chi connectivity index (χ4n) is 1.82. The Balaban J connectivity index is 2.27. The molecule has 0 bridgehead atoms. The minimum absolute atomic E-state index is 0.0994. The van der Waals surface area contributed by atoms with Crippen LogP contribution < -0.4 is 0 Å². The van der Waals surface area contributed by atoms with Gasteiger partial charge in [0.15, 0.2) is 0 Å². The summed E-state index contributed by atoms with van der Waals surface area (Å²) in [7, 11) is 0. The summed E-state index contributed by atoms with van der Waals surface area (Å²) in [5.41, 5.74) is 0.0611. The Bertz CT molecular complexity index is 529. The van der Waals surface area contributed by atoms with Gasteiger partial charge in [-0.3, -0.25) is 14.5 Å². The van der Waals surface area contributed by atoms with Crippen molar-refractivity contribution in [3.8, 4) is 0 Å². The summed E-state index contributed by atoms with van der Waals surface area (Å²) in [6.07, 6.45) is 2.50. The maximum Gasteiger partial charge on any atom is 0.339 e. The molecule has 18 heavy (non-hydrogen) atoms. The van der Waals surface area contributed by atoms with Crippen LogP contribution in [-0.4, -0.2) is 37.8 Å². The normalized spacial score (nSPS) is 19.4. The second-order valence-electron chi connectivity index (χ2n) is 4.11. The first kappa shape index (κ1) is 12.2. The quantitative estimate of drug-likeness (QED) is 0.761. The Morgan fingerprint density at radius 2 is 2.28 bits per heavy atom. The Labute approximate surface area is 102 Å². The number of hydrogen-bond acceptors (Lipinski definition) is 5. The van der Waals surface area contributed by atoms with E-state index in [4.69, 9.17) is 5.11 Å². The topological polar surface area (TPSA) is 100 Å². The molecule has 0 aliphatic carbocycles. The lowest BCUT2D eigenvalue weighted by atomic mass is 10.1. The molecule has 0 aromatic carbocycles. The van der Waals surface area contributed by atoms with E-state index in [1.807, 2.05) is 0 Å². The van der Waals surface area contributed by atoms with Gasteiger partial charge in [0.05, 0.1) is 12.2 Å². The van der Waals surface area contributed by atoms with Crippen molar-refractivity contribution in [1.29, 1.82) is 0 Å². The second kappa shape index (κ2) is 4.52. The number of hydrogen-bond donors (Lipinski definition) is 1. The van der Waals surface area contributed by atoms with Crippen LogP contribution in [-0.2, 0) is 16.1 Å². The Morgan fingerprint density at radius 1 is 1.56 bits per heavy atom. The lowest BCUT2D eigenvalue weighted by molar-refractivity contribution is -0.140. The van der Waals surface area contributed by atoms with Crippen LogP contribution in [0.1, 0.15) is 29.4 Å². The van der Waals surface area contributed by atoms with E-state index < -0.39 is 5.97 Å². The van der Waals surface area contributed by atoms with E-state index in [-0.39, 0.29) is 42.0 Å². The van der Waals surface area contributed by atoms with Crippen LogP contribution in [0.25, 0.3) is 0 Å². The van der Waals surface area contributed by atoms with Crippen LogP contribution in [0.5, 0.6) is 0 Å². The molecule has 0 saturated carbocycles. The molecule has 1 N–H and O–H groups in total. The second-order valence-corrected chi connectivity index (χ2v) is 4.11. The molecular weight excluding hydrogens is 238 g/mol. The summed E-state index contributed by atoms with van der Waals surface area (Å²) in [6.45, 7) is 1.55. The van der Waals surface area contributed by atoms with Crippen LogP contribution in [0.15, 0.2) is 12.5 Å². The van der Waals surface area contributed by atoms with Crippen molar-refractivity contribution < 1.29 is 19.5 Å². The first-order valence-corrected chi connectivity index (χ1v) is 5.37. The van der Waals surface area contributed by atoms with Crippen molar-refractivity contribution in [2.75, 3.05) is 0 Å². The first-order valence-electron chi connectivity index (χ1n) is 5.37. The number of carbonyl (C=O) groups is 3. The predicted octanol–water partition coefficient (Wildman–Crippen LogP) is 0.0698. The minimum atomic E-state index is -1.18. The van der Waals surface area contributed by atoms with Gasteiger partial charge in [0.2, 0.25) is 11.8 Å². The lowest BCUT2D eigenvalue weighted by Crippen LogP contribution is -2.31. The number of aromatic nitrogens is 2. The third-order valence-electron chi connectivity index (χ3n) is 2.80. The van der Waals surface area contributed by atoms with Gasteiger partial charge in [0.1, 0.15) is 11.9 Å². The maximum atomic E-state index is 11.7. The summed E-state index contributed by atoms with van der Waals surface area (Å²) in [4.78, 5) is 42.7. The zero-order chi connectivity index (χ0) is 13.3. The molecule has 1 aromatic rings. The van der Waals surface area contributed by atoms with E-state index in [1.54, 1.807) is 6.92 Å². The highest BCUT2D eigenvalue weighted by Gasteiger charge is 2.36. The number of aromatic carboxylic acids is 1. The van der Waals surface area contributed by atoms with Crippen LogP contribution in [0.3, 0.4) is 0 Å². The SMILES string of the molecule is CC1CC(=O)N(Cc2ncncc2C(=O)O)C1=O. The minimum Gasteiger partial charge on any atom is -0.478 e. The largest absolute Gasteiger partial charge is 0.478 e. The highest BCUT2D eigenvalue weighted by molar-refractivity contribution is 6.03. The fourth-order valence-corrected chi connectivity index (χ4v) is 1.82. The number of likely N-dealkylation sites (tertiary alicyclic amines) is 1. The molecule has 2 amide bonds. The van der Waals surface area contributed by atoms with Crippen molar-refractivity contribution >= 4 is 17.8 Å². The highest BCUT2D eigenvalue weighted by Crippen LogP contribution is 2.21. The highest BCUT2D eigenvalue weighted by atomic mass is 16.4. The van der Waals surface area contributed by atoms with Gasteiger partial charge >= 0.3 is 5.97 Å². The van der Waals surface area contributed by atoms with Crippen molar-refractivity contribution in [1.82, 2.24) is 14.9 Å². The summed E-state index contributed by atoms with van der Waals surface area (Å²) in [5.74, 6) is -2.14. The molecule has 1 aliphatic rings. The van der Waals surface area contributed by atoms with Gasteiger partial charge in [-0.1, -0.05) is 6.92 Å². The van der Waals surface area contributed by atoms with Crippen LogP contribution in [0, 0.1) is 5.92 Å². The van der Waals surface area contributed by atoms with Gasteiger partial charge in [0.25, 0.3) is 0 Å². The number of imide groups is 1. The number of rotatable bonds is 3. The number of carboxylic acid groups (broad SMARTS) is 1. The predicted molar refractivity (Wildman–Crippen MR) is 58.3 cm³/mol. The van der Waals surface area contributed by atoms with Gasteiger partial charge in [0, 0.05) is 18.5 Å². The number of carbonyl (C=O) groups excluding carboxylic acids is 2. The standard InChI is InChI=1S/C11H11N3O4/c1-6-2-9(15)14(10(6)16)4-8-7(11(17)18)3-12-5-13-8/h3,5-6H,2,4H2,1H3,(H,17,18). The van der Waals surface area contributed by atoms with E-state index in [9.17, 15) is 14.4 Å². The molecule has 7 heteroatoms. The van der Waals surface area contributed by atoms with Gasteiger partial charge in [-0.25, -0.2) is 14.8 Å². The van der Waals surface area contributed by atoms with Gasteiger partial charge in [-0.15, -0.1) is 0 Å². The van der Waals surface area contributed by atoms with Crippen molar-refractivity contribution in [2.24, 2.45) is 5.92 Å². The van der Waals surface area contributed by atoms with Crippen molar-refractivity contribution in [3.63, 3.8) is 0 Å². The molecule has 1 aromatic heterocycles. The van der Waals surface area contributed by atoms with Gasteiger partial charge < -0.3 is 5.11 Å². The lowest BCUT2D eigenvalue weighted by Gasteiger charge is -2.14. The fraction of sp³-hybridized carbons (Fsp3) is 0.364. The number of nitrogens with zero attached hydrogens (tertiary/aromatic N) is 3. The van der Waals surface area contributed by atoms with Gasteiger partial charge in [-0.05, 0) is 0 Å². The van der Waals surface area contributed by atoms with E-state index in [1.165, 1.54) is 6.33 Å². The zero-order valence-corrected chi connectivity index (χ0v) is 9.66. The molecule has 1 saturated heterocycles. The molecule has 1 aliphatic heterocycles. The molecule has 1 fully saturated rings. The van der Waals surface area contributed by atoms with E-state index >= 15 is 0 Å². The smallest absolute Gasteiger partial charge is 0.339 e. The maximum absolute atomic E-state index is 11.7. The van der Waals surface area contributed by atoms with E-state index in [2.05, 4.69) is 9.97 Å².